The molecule has 0 amide bonds. The third-order valence-corrected chi connectivity index (χ3v) is 9.24. The first-order valence-corrected chi connectivity index (χ1v) is 19.4. The summed E-state index contributed by atoms with van der Waals surface area (Å²) in [5.74, 6) is 0. The zero-order valence-corrected chi connectivity index (χ0v) is 32.2. The van der Waals surface area contributed by atoms with E-state index in [4.69, 9.17) is 0 Å². The molecule has 6 nitrogen and oxygen atoms in total. The summed E-state index contributed by atoms with van der Waals surface area (Å²) in [6.45, 7) is 4.45. The summed E-state index contributed by atoms with van der Waals surface area (Å²) in [6, 6.07) is 12.7. The van der Waals surface area contributed by atoms with E-state index < -0.39 is 20.2 Å². The van der Waals surface area contributed by atoms with Crippen molar-refractivity contribution in [1.29, 1.82) is 0 Å². The van der Waals surface area contributed by atoms with Crippen molar-refractivity contribution in [2.75, 3.05) is 0 Å². The number of unbranched alkanes of at least 4 members (excludes halogenated alkanes) is 16. The average molecular weight is 712 g/mol. The molecule has 0 bridgehead atoms. The molecule has 2 aromatic carbocycles. The van der Waals surface area contributed by atoms with Gasteiger partial charge in [0.05, 0.1) is 9.79 Å². The van der Waals surface area contributed by atoms with Crippen LogP contribution in [0.25, 0.3) is 12.2 Å². The summed E-state index contributed by atoms with van der Waals surface area (Å²) in [5, 5.41) is 0. The fourth-order valence-corrected chi connectivity index (χ4v) is 6.24. The Kier molecular flexibility index (Phi) is 25.5. The van der Waals surface area contributed by atoms with Crippen molar-refractivity contribution in [1.82, 2.24) is 0 Å². The Morgan fingerprint density at radius 2 is 0.778 bits per heavy atom. The van der Waals surface area contributed by atoms with E-state index in [-0.39, 0.29) is 29.3 Å². The van der Waals surface area contributed by atoms with E-state index in [1.54, 1.807) is 48.6 Å². The third-order valence-electron chi connectivity index (χ3n) is 7.42. The summed E-state index contributed by atoms with van der Waals surface area (Å²) in [7, 11) is -8.79. The molecule has 0 aliphatic carbocycles. The van der Waals surface area contributed by atoms with E-state index >= 15 is 0 Å². The van der Waals surface area contributed by atoms with Crippen molar-refractivity contribution in [2.24, 2.45) is 0 Å². The molecule has 0 aliphatic heterocycles. The van der Waals surface area contributed by atoms with E-state index in [1.165, 1.54) is 102 Å². The van der Waals surface area contributed by atoms with Crippen LogP contribution in [0.2, 0.25) is 0 Å². The fraction of sp³-hybridized carbons (Fsp3) is 0.556. The zero-order valence-electron chi connectivity index (χ0n) is 27.6. The van der Waals surface area contributed by atoms with Crippen LogP contribution in [0.1, 0.15) is 141 Å². The maximum Gasteiger partial charge on any atom is 2.00 e. The third kappa shape index (κ3) is 21.7. The van der Waals surface area contributed by atoms with Crippen molar-refractivity contribution >= 4 is 32.4 Å². The SMILES string of the molecule is CCCCCCCCCCC=Cc1ccccc1S(=O)(=O)[O-].CCCCCCCCCCC=Cc1ccccc1S(=O)(=O)[O-].[Zn+2]. The molecular formula is C36H54O6S2Zn. The van der Waals surface area contributed by atoms with Crippen LogP contribution in [0.5, 0.6) is 0 Å². The Bertz CT molecular complexity index is 1200. The molecule has 2 rings (SSSR count). The van der Waals surface area contributed by atoms with Crippen LogP contribution in [-0.4, -0.2) is 25.9 Å². The predicted molar refractivity (Wildman–Crippen MR) is 181 cm³/mol. The van der Waals surface area contributed by atoms with Gasteiger partial charge in [-0.2, -0.15) is 0 Å². The van der Waals surface area contributed by atoms with Crippen LogP contribution >= 0.6 is 0 Å². The fourth-order valence-electron chi connectivity index (χ4n) is 4.90. The normalized spacial score (nSPS) is 11.8. The van der Waals surface area contributed by atoms with Gasteiger partial charge in [0.2, 0.25) is 0 Å². The second kappa shape index (κ2) is 26.4. The first-order valence-electron chi connectivity index (χ1n) is 16.5. The quantitative estimate of drug-likeness (QED) is 0.0682. The Labute approximate surface area is 287 Å². The Morgan fingerprint density at radius 3 is 1.09 bits per heavy atom. The first-order chi connectivity index (χ1) is 21.1. The van der Waals surface area contributed by atoms with E-state index in [0.717, 1.165) is 25.7 Å². The van der Waals surface area contributed by atoms with Crippen LogP contribution < -0.4 is 0 Å². The molecule has 0 aromatic heterocycles. The molecule has 0 aliphatic rings. The van der Waals surface area contributed by atoms with Crippen LogP contribution in [-0.2, 0) is 39.7 Å². The maximum absolute atomic E-state index is 11.1. The monoisotopic (exact) mass is 710 g/mol. The van der Waals surface area contributed by atoms with Gasteiger partial charge >= 0.3 is 19.5 Å². The topological polar surface area (TPSA) is 114 Å². The minimum absolute atomic E-state index is 0. The number of hydrogen-bond acceptors (Lipinski definition) is 6. The molecule has 0 fully saturated rings. The molecular weight excluding hydrogens is 658 g/mol. The van der Waals surface area contributed by atoms with Crippen LogP contribution in [0.15, 0.2) is 70.5 Å². The zero-order chi connectivity index (χ0) is 32.5. The van der Waals surface area contributed by atoms with Crippen molar-refractivity contribution in [3.8, 4) is 0 Å². The number of hydrogen-bond donors (Lipinski definition) is 0. The Balaban J connectivity index is 0.000000842. The van der Waals surface area contributed by atoms with Gasteiger partial charge in [-0.1, -0.05) is 164 Å². The molecule has 45 heavy (non-hydrogen) atoms. The van der Waals surface area contributed by atoms with Crippen molar-refractivity contribution in [2.45, 2.75) is 139 Å². The van der Waals surface area contributed by atoms with Crippen LogP contribution in [0.3, 0.4) is 0 Å². The molecule has 0 atom stereocenters. The minimum atomic E-state index is -4.40. The van der Waals surface area contributed by atoms with Crippen molar-refractivity contribution in [3.63, 3.8) is 0 Å². The predicted octanol–water partition coefficient (Wildman–Crippen LogP) is 10.3. The molecule has 248 valence electrons. The van der Waals surface area contributed by atoms with E-state index in [9.17, 15) is 25.9 Å². The second-order valence-corrected chi connectivity index (χ2v) is 14.0. The molecule has 2 aromatic rings. The van der Waals surface area contributed by atoms with E-state index in [1.807, 2.05) is 12.2 Å². The summed E-state index contributed by atoms with van der Waals surface area (Å²) in [5.41, 5.74) is 0.967. The van der Waals surface area contributed by atoms with Crippen molar-refractivity contribution in [3.05, 3.63) is 71.8 Å². The summed E-state index contributed by atoms with van der Waals surface area (Å²) in [6.07, 6.45) is 29.6. The molecule has 0 heterocycles. The minimum Gasteiger partial charge on any atom is -0.744 e. The van der Waals surface area contributed by atoms with Gasteiger partial charge in [-0.05, 0) is 48.9 Å². The molecule has 0 unspecified atom stereocenters. The van der Waals surface area contributed by atoms with Gasteiger partial charge in [0, 0.05) is 0 Å². The summed E-state index contributed by atoms with van der Waals surface area (Å²) in [4.78, 5) is -0.274. The van der Waals surface area contributed by atoms with Crippen LogP contribution in [0, 0.1) is 0 Å². The number of allylic oxidation sites excluding steroid dienone is 2. The first kappa shape index (κ1) is 43.4. The summed E-state index contributed by atoms with van der Waals surface area (Å²) < 4.78 is 66.9. The molecule has 0 radical (unpaired) electrons. The van der Waals surface area contributed by atoms with Gasteiger partial charge < -0.3 is 9.11 Å². The number of rotatable bonds is 22. The van der Waals surface area contributed by atoms with E-state index in [2.05, 4.69) is 13.8 Å². The smallest absolute Gasteiger partial charge is 0.744 e. The largest absolute Gasteiger partial charge is 2.00 e. The Morgan fingerprint density at radius 1 is 0.489 bits per heavy atom. The van der Waals surface area contributed by atoms with Gasteiger partial charge in [-0.15, -0.1) is 0 Å². The summed E-state index contributed by atoms with van der Waals surface area (Å²) >= 11 is 0. The second-order valence-electron chi connectivity index (χ2n) is 11.3. The van der Waals surface area contributed by atoms with Crippen molar-refractivity contribution < 1.29 is 45.4 Å². The molecule has 0 saturated heterocycles. The molecule has 9 heteroatoms. The van der Waals surface area contributed by atoms with Gasteiger partial charge in [0.1, 0.15) is 20.2 Å². The molecule has 0 N–H and O–H groups in total. The molecule has 0 saturated carbocycles. The number of benzene rings is 2. The van der Waals surface area contributed by atoms with Gasteiger partial charge in [-0.3, -0.25) is 0 Å². The Hall–Kier alpha value is -1.64. The van der Waals surface area contributed by atoms with Crippen LogP contribution in [0.4, 0.5) is 0 Å². The van der Waals surface area contributed by atoms with E-state index in [0.29, 0.717) is 11.1 Å². The van der Waals surface area contributed by atoms with Gasteiger partial charge in [0.25, 0.3) is 0 Å². The standard InChI is InChI=1S/2C18H28O3S.Zn/c2*1-2-3-4-5-6-7-8-9-10-11-14-17-15-12-13-16-18(17)22(19,20)21;/h2*11-16H,2-10H2,1H3,(H,19,20,21);/q;;+2/p-2. The average Bonchev–Trinajstić information content (AvgIpc) is 2.99. The maximum atomic E-state index is 11.1. The molecule has 0 spiro atoms. The van der Waals surface area contributed by atoms with Gasteiger partial charge in [0.15, 0.2) is 0 Å². The van der Waals surface area contributed by atoms with Gasteiger partial charge in [-0.25, -0.2) is 16.8 Å².